The van der Waals surface area contributed by atoms with E-state index in [1.165, 1.54) is 11.1 Å². The lowest BCUT2D eigenvalue weighted by atomic mass is 10.1. The van der Waals surface area contributed by atoms with Crippen LogP contribution in [0.4, 0.5) is 5.82 Å². The van der Waals surface area contributed by atoms with E-state index in [9.17, 15) is 4.79 Å². The van der Waals surface area contributed by atoms with Gasteiger partial charge in [-0.1, -0.05) is 29.8 Å². The van der Waals surface area contributed by atoms with Crippen molar-refractivity contribution in [2.45, 2.75) is 19.8 Å². The first kappa shape index (κ1) is 18.2. The molecule has 1 fully saturated rings. The summed E-state index contributed by atoms with van der Waals surface area (Å²) in [5.41, 5.74) is 2.47. The zero-order valence-electron chi connectivity index (χ0n) is 16.2. The van der Waals surface area contributed by atoms with E-state index in [-0.39, 0.29) is 5.91 Å². The number of carbonyl (C=O) groups excluding carboxylic acids is 1. The first-order valence-electron chi connectivity index (χ1n) is 9.74. The van der Waals surface area contributed by atoms with E-state index in [1.807, 2.05) is 46.1 Å². The molecule has 3 heterocycles. The van der Waals surface area contributed by atoms with Gasteiger partial charge in [0.05, 0.1) is 0 Å². The van der Waals surface area contributed by atoms with Crippen LogP contribution in [0.1, 0.15) is 17.5 Å². The lowest BCUT2D eigenvalue weighted by Crippen LogP contribution is -2.49. The summed E-state index contributed by atoms with van der Waals surface area (Å²) in [6, 6.07) is 16.3. The molecule has 28 heavy (non-hydrogen) atoms. The minimum atomic E-state index is 0.232. The standard InChI is InChI=1S/C22H25N5O/c1-18-5-4-6-19(17-18)7-10-22(28)27-15-13-26(14-16-27)21-9-8-20(23-24-21)25-11-2-3-12-25/h2-6,8-9,11-12,17H,7,10,13-16H2,1H3. The average molecular weight is 375 g/mol. The highest BCUT2D eigenvalue weighted by Gasteiger charge is 2.22. The van der Waals surface area contributed by atoms with Crippen LogP contribution in [0.15, 0.2) is 60.9 Å². The number of hydrogen-bond acceptors (Lipinski definition) is 4. The number of anilines is 1. The second-order valence-corrected chi connectivity index (χ2v) is 7.20. The molecule has 0 N–H and O–H groups in total. The predicted molar refractivity (Wildman–Crippen MR) is 110 cm³/mol. The lowest BCUT2D eigenvalue weighted by molar-refractivity contribution is -0.131. The molecule has 1 aliphatic heterocycles. The molecule has 0 unspecified atom stereocenters. The Morgan fingerprint density at radius 2 is 1.64 bits per heavy atom. The molecule has 6 heteroatoms. The summed E-state index contributed by atoms with van der Waals surface area (Å²) in [6.45, 7) is 5.11. The number of aryl methyl sites for hydroxylation is 2. The molecular formula is C22H25N5O. The Kier molecular flexibility index (Phi) is 5.37. The van der Waals surface area contributed by atoms with Crippen LogP contribution in [0.5, 0.6) is 0 Å². The Morgan fingerprint density at radius 3 is 2.32 bits per heavy atom. The first-order chi connectivity index (χ1) is 13.7. The van der Waals surface area contributed by atoms with Crippen molar-refractivity contribution in [3.63, 3.8) is 0 Å². The molecule has 2 aromatic heterocycles. The number of benzene rings is 1. The fourth-order valence-electron chi connectivity index (χ4n) is 3.57. The van der Waals surface area contributed by atoms with Crippen molar-refractivity contribution in [3.05, 3.63) is 72.1 Å². The molecule has 1 saturated heterocycles. The quantitative estimate of drug-likeness (QED) is 0.688. The molecule has 3 aromatic rings. The number of amides is 1. The van der Waals surface area contributed by atoms with Crippen LogP contribution >= 0.6 is 0 Å². The summed E-state index contributed by atoms with van der Waals surface area (Å²) in [6.07, 6.45) is 5.26. The van der Waals surface area contributed by atoms with Crippen molar-refractivity contribution in [3.8, 4) is 5.82 Å². The highest BCUT2D eigenvalue weighted by Crippen LogP contribution is 2.15. The van der Waals surface area contributed by atoms with Crippen LogP contribution in [-0.4, -0.2) is 51.8 Å². The smallest absolute Gasteiger partial charge is 0.223 e. The number of carbonyl (C=O) groups is 1. The average Bonchev–Trinajstić information content (AvgIpc) is 3.27. The predicted octanol–water partition coefficient (Wildman–Crippen LogP) is 2.86. The Hall–Kier alpha value is -3.15. The number of rotatable bonds is 5. The third-order valence-electron chi connectivity index (χ3n) is 5.17. The van der Waals surface area contributed by atoms with Gasteiger partial charge in [0.1, 0.15) is 0 Å². The Morgan fingerprint density at radius 1 is 0.929 bits per heavy atom. The third kappa shape index (κ3) is 4.22. The summed E-state index contributed by atoms with van der Waals surface area (Å²) >= 11 is 0. The zero-order valence-corrected chi connectivity index (χ0v) is 16.2. The largest absolute Gasteiger partial charge is 0.352 e. The number of aromatic nitrogens is 3. The summed E-state index contributed by atoms with van der Waals surface area (Å²) in [7, 11) is 0. The van der Waals surface area contributed by atoms with Gasteiger partial charge in [0.15, 0.2) is 11.6 Å². The van der Waals surface area contributed by atoms with Crippen LogP contribution in [0.2, 0.25) is 0 Å². The Balaban J connectivity index is 1.28. The van der Waals surface area contributed by atoms with E-state index in [2.05, 4.69) is 46.3 Å². The van der Waals surface area contributed by atoms with Crippen molar-refractivity contribution < 1.29 is 4.79 Å². The number of nitrogens with zero attached hydrogens (tertiary/aromatic N) is 5. The van der Waals surface area contributed by atoms with Crippen molar-refractivity contribution in [2.75, 3.05) is 31.1 Å². The topological polar surface area (TPSA) is 54.3 Å². The summed E-state index contributed by atoms with van der Waals surface area (Å²) in [5.74, 6) is 1.90. The van der Waals surface area contributed by atoms with Crippen LogP contribution in [0, 0.1) is 6.92 Å². The minimum absolute atomic E-state index is 0.232. The second-order valence-electron chi connectivity index (χ2n) is 7.20. The molecule has 0 spiro atoms. The molecule has 1 aliphatic rings. The van der Waals surface area contributed by atoms with Crippen LogP contribution in [-0.2, 0) is 11.2 Å². The monoisotopic (exact) mass is 375 g/mol. The van der Waals surface area contributed by atoms with Gasteiger partial charge in [-0.05, 0) is 43.2 Å². The van der Waals surface area contributed by atoms with Gasteiger partial charge in [0, 0.05) is 45.0 Å². The van der Waals surface area contributed by atoms with E-state index in [1.54, 1.807) is 0 Å². The Labute approximate surface area is 165 Å². The van der Waals surface area contributed by atoms with Crippen molar-refractivity contribution in [1.82, 2.24) is 19.7 Å². The van der Waals surface area contributed by atoms with Gasteiger partial charge >= 0.3 is 0 Å². The summed E-state index contributed by atoms with van der Waals surface area (Å²) in [4.78, 5) is 16.7. The van der Waals surface area contributed by atoms with Crippen molar-refractivity contribution in [1.29, 1.82) is 0 Å². The zero-order chi connectivity index (χ0) is 19.3. The molecule has 4 rings (SSSR count). The SMILES string of the molecule is Cc1cccc(CCC(=O)N2CCN(c3ccc(-n4cccc4)nn3)CC2)c1. The fraction of sp³-hybridized carbons (Fsp3) is 0.318. The van der Waals surface area contributed by atoms with Gasteiger partial charge in [-0.3, -0.25) is 4.79 Å². The van der Waals surface area contributed by atoms with Crippen LogP contribution in [0.25, 0.3) is 5.82 Å². The summed E-state index contributed by atoms with van der Waals surface area (Å²) in [5, 5.41) is 8.68. The molecule has 0 radical (unpaired) electrons. The lowest BCUT2D eigenvalue weighted by Gasteiger charge is -2.35. The van der Waals surface area contributed by atoms with E-state index in [0.717, 1.165) is 44.2 Å². The second kappa shape index (κ2) is 8.25. The van der Waals surface area contributed by atoms with Gasteiger partial charge < -0.3 is 14.4 Å². The molecule has 0 bridgehead atoms. The van der Waals surface area contributed by atoms with Crippen molar-refractivity contribution >= 4 is 11.7 Å². The molecule has 1 amide bonds. The highest BCUT2D eigenvalue weighted by atomic mass is 16.2. The van der Waals surface area contributed by atoms with Gasteiger partial charge in [0.25, 0.3) is 0 Å². The fourth-order valence-corrected chi connectivity index (χ4v) is 3.57. The van der Waals surface area contributed by atoms with Crippen LogP contribution in [0.3, 0.4) is 0 Å². The number of piperazine rings is 1. The molecule has 6 nitrogen and oxygen atoms in total. The minimum Gasteiger partial charge on any atom is -0.352 e. The Bertz CT molecular complexity index is 912. The number of hydrogen-bond donors (Lipinski definition) is 0. The molecule has 144 valence electrons. The molecule has 1 aromatic carbocycles. The van der Waals surface area contributed by atoms with E-state index < -0.39 is 0 Å². The van der Waals surface area contributed by atoms with Gasteiger partial charge in [0.2, 0.25) is 5.91 Å². The highest BCUT2D eigenvalue weighted by molar-refractivity contribution is 5.76. The first-order valence-corrected chi connectivity index (χ1v) is 9.74. The summed E-state index contributed by atoms with van der Waals surface area (Å²) < 4.78 is 1.93. The molecular weight excluding hydrogens is 350 g/mol. The maximum Gasteiger partial charge on any atom is 0.223 e. The maximum atomic E-state index is 12.6. The molecule has 0 atom stereocenters. The van der Waals surface area contributed by atoms with Gasteiger partial charge in [-0.15, -0.1) is 10.2 Å². The van der Waals surface area contributed by atoms with Crippen molar-refractivity contribution in [2.24, 2.45) is 0 Å². The molecule has 0 saturated carbocycles. The van der Waals surface area contributed by atoms with Crippen LogP contribution < -0.4 is 4.90 Å². The third-order valence-corrected chi connectivity index (χ3v) is 5.17. The normalized spacial score (nSPS) is 14.3. The van der Waals surface area contributed by atoms with E-state index in [4.69, 9.17) is 0 Å². The van der Waals surface area contributed by atoms with E-state index in [0.29, 0.717) is 6.42 Å². The van der Waals surface area contributed by atoms with E-state index >= 15 is 0 Å². The maximum absolute atomic E-state index is 12.6. The van der Waals surface area contributed by atoms with Gasteiger partial charge in [-0.2, -0.15) is 0 Å². The van der Waals surface area contributed by atoms with Gasteiger partial charge in [-0.25, -0.2) is 0 Å². The molecule has 0 aliphatic carbocycles.